The molecular formula is C9H12NOSi. The van der Waals surface area contributed by atoms with Crippen LogP contribution in [-0.4, -0.2) is 20.3 Å². The van der Waals surface area contributed by atoms with Gasteiger partial charge in [-0.05, 0) is 12.1 Å². The van der Waals surface area contributed by atoms with Crippen molar-refractivity contribution in [1.29, 1.82) is 0 Å². The highest BCUT2D eigenvalue weighted by atomic mass is 28.3. The van der Waals surface area contributed by atoms with Gasteiger partial charge < -0.3 is 9.76 Å². The average Bonchev–Trinajstić information content (AvgIpc) is 2.03. The Balaban J connectivity index is 2.82. The summed E-state index contributed by atoms with van der Waals surface area (Å²) in [5.41, 5.74) is 0.795. The largest absolute Gasteiger partial charge is 0.507 e. The Morgan fingerprint density at radius 3 is 2.58 bits per heavy atom. The number of aromatic hydroxyl groups is 1. The van der Waals surface area contributed by atoms with Gasteiger partial charge in [0.2, 0.25) is 0 Å². The zero-order chi connectivity index (χ0) is 8.97. The van der Waals surface area contributed by atoms with Crippen LogP contribution in [-0.2, 0) is 0 Å². The lowest BCUT2D eigenvalue weighted by molar-refractivity contribution is 0.474. The standard InChI is InChI=1S/C9H12NOSi/c1-12(2)10-7-8-5-3-4-6-9(8)11/h3-7,11H,1-2H3/b10-7+. The molecule has 1 aromatic rings. The topological polar surface area (TPSA) is 32.6 Å². The summed E-state index contributed by atoms with van der Waals surface area (Å²) in [6.07, 6.45) is 1.74. The lowest BCUT2D eigenvalue weighted by Crippen LogP contribution is -1.95. The Bertz CT molecular complexity index is 284. The van der Waals surface area contributed by atoms with Crippen LogP contribution in [0.15, 0.2) is 28.9 Å². The zero-order valence-corrected chi connectivity index (χ0v) is 8.28. The second-order valence-electron chi connectivity index (χ2n) is 2.76. The number of para-hydroxylation sites is 1. The Morgan fingerprint density at radius 2 is 2.00 bits per heavy atom. The number of phenols is 1. The Morgan fingerprint density at radius 1 is 1.33 bits per heavy atom. The number of nitrogens with zero attached hydrogens (tertiary/aromatic N) is 1. The third-order valence-electron chi connectivity index (χ3n) is 1.40. The molecular weight excluding hydrogens is 166 g/mol. The molecule has 1 radical (unpaired) electrons. The third-order valence-corrected chi connectivity index (χ3v) is 2.04. The van der Waals surface area contributed by atoms with Gasteiger partial charge in [0.15, 0.2) is 8.96 Å². The number of rotatable bonds is 2. The van der Waals surface area contributed by atoms with E-state index in [1.807, 2.05) is 12.1 Å². The molecule has 0 aliphatic carbocycles. The van der Waals surface area contributed by atoms with Crippen LogP contribution in [0.4, 0.5) is 0 Å². The van der Waals surface area contributed by atoms with Gasteiger partial charge in [0.1, 0.15) is 5.75 Å². The van der Waals surface area contributed by atoms with Gasteiger partial charge in [-0.2, -0.15) is 0 Å². The SMILES string of the molecule is C[Si](C)/N=C/c1ccccc1O. The molecule has 0 bridgehead atoms. The van der Waals surface area contributed by atoms with Crippen molar-refractivity contribution in [3.05, 3.63) is 29.8 Å². The first-order valence-corrected chi connectivity index (χ1v) is 6.27. The van der Waals surface area contributed by atoms with Crippen LogP contribution in [0.1, 0.15) is 5.56 Å². The molecule has 0 atom stereocenters. The summed E-state index contributed by atoms with van der Waals surface area (Å²) < 4.78 is 4.27. The number of benzene rings is 1. The summed E-state index contributed by atoms with van der Waals surface area (Å²) in [5, 5.41) is 9.34. The van der Waals surface area contributed by atoms with Gasteiger partial charge in [-0.15, -0.1) is 0 Å². The quantitative estimate of drug-likeness (QED) is 0.545. The minimum Gasteiger partial charge on any atom is -0.507 e. The first kappa shape index (κ1) is 9.00. The van der Waals surface area contributed by atoms with E-state index in [1.54, 1.807) is 18.3 Å². The molecule has 0 amide bonds. The van der Waals surface area contributed by atoms with Gasteiger partial charge in [0.05, 0.1) is 0 Å². The lowest BCUT2D eigenvalue weighted by atomic mass is 10.2. The third kappa shape index (κ3) is 2.51. The highest BCUT2D eigenvalue weighted by Gasteiger charge is 1.95. The van der Waals surface area contributed by atoms with E-state index < -0.39 is 8.96 Å². The summed E-state index contributed by atoms with van der Waals surface area (Å²) in [4.78, 5) is 0. The number of phenolic OH excluding ortho intramolecular Hbond substituents is 1. The molecule has 12 heavy (non-hydrogen) atoms. The molecule has 63 valence electrons. The van der Waals surface area contributed by atoms with Gasteiger partial charge in [-0.25, -0.2) is 0 Å². The predicted molar refractivity (Wildman–Crippen MR) is 53.2 cm³/mol. The fourth-order valence-corrected chi connectivity index (χ4v) is 1.19. The van der Waals surface area contributed by atoms with E-state index in [9.17, 15) is 5.11 Å². The molecule has 0 saturated heterocycles. The summed E-state index contributed by atoms with van der Waals surface area (Å²) in [6.45, 7) is 4.20. The van der Waals surface area contributed by atoms with E-state index in [-0.39, 0.29) is 0 Å². The van der Waals surface area contributed by atoms with Crippen LogP contribution in [0.2, 0.25) is 13.1 Å². The average molecular weight is 178 g/mol. The number of hydrogen-bond donors (Lipinski definition) is 1. The predicted octanol–water partition coefficient (Wildman–Crippen LogP) is 2.06. The normalized spacial score (nSPS) is 11.2. The van der Waals surface area contributed by atoms with Crippen molar-refractivity contribution < 1.29 is 5.11 Å². The molecule has 1 N–H and O–H groups in total. The highest BCUT2D eigenvalue weighted by Crippen LogP contribution is 2.12. The smallest absolute Gasteiger partial charge is 0.190 e. The van der Waals surface area contributed by atoms with Gasteiger partial charge in [-0.3, -0.25) is 0 Å². The summed E-state index contributed by atoms with van der Waals surface area (Å²) in [5.74, 6) is 0.296. The van der Waals surface area contributed by atoms with Crippen molar-refractivity contribution in [1.82, 2.24) is 0 Å². The molecule has 2 nitrogen and oxygen atoms in total. The van der Waals surface area contributed by atoms with Gasteiger partial charge >= 0.3 is 0 Å². The molecule has 0 unspecified atom stereocenters. The van der Waals surface area contributed by atoms with E-state index >= 15 is 0 Å². The van der Waals surface area contributed by atoms with Crippen molar-refractivity contribution in [2.24, 2.45) is 4.66 Å². The fraction of sp³-hybridized carbons (Fsp3) is 0.222. The van der Waals surface area contributed by atoms with Crippen LogP contribution < -0.4 is 0 Å². The summed E-state index contributed by atoms with van der Waals surface area (Å²) in [7, 11) is -0.590. The van der Waals surface area contributed by atoms with Gasteiger partial charge in [0, 0.05) is 11.8 Å². The van der Waals surface area contributed by atoms with E-state index in [0.717, 1.165) is 5.56 Å². The van der Waals surface area contributed by atoms with Crippen molar-refractivity contribution in [3.8, 4) is 5.75 Å². The maximum absolute atomic E-state index is 9.34. The zero-order valence-electron chi connectivity index (χ0n) is 7.28. The van der Waals surface area contributed by atoms with E-state index in [0.29, 0.717) is 5.75 Å². The minimum atomic E-state index is -0.590. The van der Waals surface area contributed by atoms with E-state index in [4.69, 9.17) is 0 Å². The molecule has 0 aromatic heterocycles. The van der Waals surface area contributed by atoms with Crippen molar-refractivity contribution in [3.63, 3.8) is 0 Å². The van der Waals surface area contributed by atoms with Crippen LogP contribution in [0.25, 0.3) is 0 Å². The molecule has 0 saturated carbocycles. The van der Waals surface area contributed by atoms with E-state index in [1.165, 1.54) is 0 Å². The maximum atomic E-state index is 9.34. The maximum Gasteiger partial charge on any atom is 0.190 e. The second kappa shape index (κ2) is 4.06. The minimum absolute atomic E-state index is 0.296. The second-order valence-corrected chi connectivity index (χ2v) is 4.92. The highest BCUT2D eigenvalue weighted by molar-refractivity contribution is 6.55. The van der Waals surface area contributed by atoms with E-state index in [2.05, 4.69) is 17.8 Å². The molecule has 3 heteroatoms. The van der Waals surface area contributed by atoms with Crippen molar-refractivity contribution >= 4 is 15.2 Å². The summed E-state index contributed by atoms with van der Waals surface area (Å²) >= 11 is 0. The molecule has 0 aliphatic rings. The molecule has 0 spiro atoms. The molecule has 0 aliphatic heterocycles. The van der Waals surface area contributed by atoms with Gasteiger partial charge in [0.25, 0.3) is 0 Å². The first-order valence-electron chi connectivity index (χ1n) is 3.82. The molecule has 0 heterocycles. The summed E-state index contributed by atoms with van der Waals surface area (Å²) in [6, 6.07) is 7.21. The van der Waals surface area contributed by atoms with Crippen LogP contribution in [0.5, 0.6) is 5.75 Å². The lowest BCUT2D eigenvalue weighted by Gasteiger charge is -1.97. The molecule has 1 rings (SSSR count). The Hall–Kier alpha value is -1.09. The van der Waals surface area contributed by atoms with Gasteiger partial charge in [-0.1, -0.05) is 25.2 Å². The van der Waals surface area contributed by atoms with Crippen molar-refractivity contribution in [2.75, 3.05) is 0 Å². The molecule has 1 aromatic carbocycles. The van der Waals surface area contributed by atoms with Crippen molar-refractivity contribution in [2.45, 2.75) is 13.1 Å². The number of hydrogen-bond acceptors (Lipinski definition) is 2. The Kier molecular flexibility index (Phi) is 3.05. The Labute approximate surface area is 74.3 Å². The first-order chi connectivity index (χ1) is 5.70. The van der Waals surface area contributed by atoms with Crippen LogP contribution in [0.3, 0.4) is 0 Å². The van der Waals surface area contributed by atoms with Crippen LogP contribution in [0, 0.1) is 0 Å². The fourth-order valence-electron chi connectivity index (χ4n) is 0.795. The monoisotopic (exact) mass is 178 g/mol. The molecule has 0 fully saturated rings. The van der Waals surface area contributed by atoms with Crippen LogP contribution >= 0.6 is 0 Å².